The quantitative estimate of drug-likeness (QED) is 0.794. The van der Waals surface area contributed by atoms with Crippen LogP contribution < -0.4 is 16.4 Å². The Hall–Kier alpha value is -1.59. The highest BCUT2D eigenvalue weighted by molar-refractivity contribution is 5.89. The molecule has 5 heteroatoms. The normalized spacial score (nSPS) is 23.9. The molecule has 1 aliphatic rings. The predicted molar refractivity (Wildman–Crippen MR) is 79.7 cm³/mol. The van der Waals surface area contributed by atoms with Gasteiger partial charge in [0.1, 0.15) is 0 Å². The Kier molecular flexibility index (Phi) is 4.62. The highest BCUT2D eigenvalue weighted by Gasteiger charge is 2.29. The number of urea groups is 1. The first kappa shape index (κ1) is 14.8. The van der Waals surface area contributed by atoms with Crippen LogP contribution in [0.5, 0.6) is 0 Å². The second kappa shape index (κ2) is 6.24. The second-order valence-electron chi connectivity index (χ2n) is 5.71. The third-order valence-electron chi connectivity index (χ3n) is 3.55. The molecule has 0 spiro atoms. The first-order valence-corrected chi connectivity index (χ1v) is 7.01. The number of carbonyl (C=O) groups excluding carboxylic acids is 1. The van der Waals surface area contributed by atoms with E-state index in [9.17, 15) is 4.79 Å². The third-order valence-corrected chi connectivity index (χ3v) is 3.55. The maximum absolute atomic E-state index is 12.0. The summed E-state index contributed by atoms with van der Waals surface area (Å²) in [4.78, 5) is 12.0. The van der Waals surface area contributed by atoms with Gasteiger partial charge in [-0.25, -0.2) is 4.79 Å². The van der Waals surface area contributed by atoms with Gasteiger partial charge in [0.25, 0.3) is 0 Å². The average molecular weight is 277 g/mol. The first-order chi connectivity index (χ1) is 9.48. The van der Waals surface area contributed by atoms with Crippen LogP contribution in [0.25, 0.3) is 0 Å². The van der Waals surface area contributed by atoms with Gasteiger partial charge in [0.2, 0.25) is 0 Å². The molecule has 5 nitrogen and oxygen atoms in total. The van der Waals surface area contributed by atoms with E-state index in [0.717, 1.165) is 30.7 Å². The van der Waals surface area contributed by atoms with Crippen LogP contribution in [-0.2, 0) is 4.74 Å². The van der Waals surface area contributed by atoms with Crippen LogP contribution in [0.1, 0.15) is 38.3 Å². The summed E-state index contributed by atoms with van der Waals surface area (Å²) in [5.74, 6) is 0. The van der Waals surface area contributed by atoms with Crippen LogP contribution in [0.3, 0.4) is 0 Å². The fourth-order valence-corrected chi connectivity index (χ4v) is 2.34. The van der Waals surface area contributed by atoms with Gasteiger partial charge in [0.05, 0.1) is 12.1 Å². The molecule has 20 heavy (non-hydrogen) atoms. The molecule has 2 atom stereocenters. The maximum atomic E-state index is 12.0. The van der Waals surface area contributed by atoms with Crippen molar-refractivity contribution in [3.8, 4) is 0 Å². The molecule has 0 aliphatic carbocycles. The minimum absolute atomic E-state index is 0.00354. The van der Waals surface area contributed by atoms with Crippen molar-refractivity contribution in [2.45, 2.75) is 38.3 Å². The number of benzene rings is 1. The molecule has 0 bridgehead atoms. The number of ether oxygens (including phenoxy) is 1. The van der Waals surface area contributed by atoms with Crippen LogP contribution in [-0.4, -0.2) is 24.8 Å². The van der Waals surface area contributed by atoms with Crippen molar-refractivity contribution in [1.82, 2.24) is 5.32 Å². The number of carbonyl (C=O) groups is 1. The summed E-state index contributed by atoms with van der Waals surface area (Å²) < 4.78 is 5.42. The molecule has 4 N–H and O–H groups in total. The Balaban J connectivity index is 1.90. The van der Waals surface area contributed by atoms with Crippen LogP contribution >= 0.6 is 0 Å². The molecule has 1 fully saturated rings. The molecule has 0 aromatic heterocycles. The Labute approximate surface area is 119 Å². The van der Waals surface area contributed by atoms with Crippen molar-refractivity contribution >= 4 is 11.7 Å². The fourth-order valence-electron chi connectivity index (χ4n) is 2.34. The minimum atomic E-state index is -0.284. The largest absolute Gasteiger partial charge is 0.379 e. The topological polar surface area (TPSA) is 76.4 Å². The van der Waals surface area contributed by atoms with E-state index in [1.165, 1.54) is 0 Å². The number of hydrogen-bond acceptors (Lipinski definition) is 3. The SMILES string of the molecule is CC(N)c1ccc(NC(=O)NC2(C)CCCOC2)cc1. The average Bonchev–Trinajstić information content (AvgIpc) is 2.39. The van der Waals surface area contributed by atoms with Crippen LogP contribution in [0.2, 0.25) is 0 Å². The summed E-state index contributed by atoms with van der Waals surface area (Å²) in [6.45, 7) is 5.27. The van der Waals surface area contributed by atoms with Crippen LogP contribution in [0.4, 0.5) is 10.5 Å². The molecular weight excluding hydrogens is 254 g/mol. The molecule has 2 amide bonds. The predicted octanol–water partition coefficient (Wildman–Crippen LogP) is 2.40. The van der Waals surface area contributed by atoms with E-state index < -0.39 is 0 Å². The van der Waals surface area contributed by atoms with Gasteiger partial charge in [-0.15, -0.1) is 0 Å². The van der Waals surface area contributed by atoms with Gasteiger partial charge in [-0.05, 0) is 44.4 Å². The van der Waals surface area contributed by atoms with Crippen molar-refractivity contribution in [3.63, 3.8) is 0 Å². The molecule has 1 saturated heterocycles. The Morgan fingerprint density at radius 1 is 1.40 bits per heavy atom. The summed E-state index contributed by atoms with van der Waals surface area (Å²) in [6, 6.07) is 7.36. The lowest BCUT2D eigenvalue weighted by Gasteiger charge is -2.34. The zero-order valence-electron chi connectivity index (χ0n) is 12.1. The van der Waals surface area contributed by atoms with Crippen molar-refractivity contribution in [2.75, 3.05) is 18.5 Å². The van der Waals surface area contributed by atoms with Crippen LogP contribution in [0, 0.1) is 0 Å². The molecule has 0 radical (unpaired) electrons. The number of hydrogen-bond donors (Lipinski definition) is 3. The van der Waals surface area contributed by atoms with E-state index in [2.05, 4.69) is 10.6 Å². The zero-order valence-corrected chi connectivity index (χ0v) is 12.1. The summed E-state index contributed by atoms with van der Waals surface area (Å²) in [6.07, 6.45) is 1.91. The Bertz CT molecular complexity index is 451. The van der Waals surface area contributed by atoms with Gasteiger partial charge < -0.3 is 21.1 Å². The highest BCUT2D eigenvalue weighted by Crippen LogP contribution is 2.19. The molecule has 1 aromatic carbocycles. The lowest BCUT2D eigenvalue weighted by Crippen LogP contribution is -2.52. The van der Waals surface area contributed by atoms with E-state index in [4.69, 9.17) is 10.5 Å². The molecule has 2 unspecified atom stereocenters. The van der Waals surface area contributed by atoms with E-state index in [1.54, 1.807) is 0 Å². The number of nitrogens with one attached hydrogen (secondary N) is 2. The summed E-state index contributed by atoms with van der Waals surface area (Å²) in [7, 11) is 0. The summed E-state index contributed by atoms with van der Waals surface area (Å²) in [5, 5.41) is 5.82. The molecule has 110 valence electrons. The Morgan fingerprint density at radius 3 is 2.65 bits per heavy atom. The zero-order chi connectivity index (χ0) is 14.6. The van der Waals surface area contributed by atoms with Crippen LogP contribution in [0.15, 0.2) is 24.3 Å². The Morgan fingerprint density at radius 2 is 2.10 bits per heavy atom. The number of rotatable bonds is 3. The minimum Gasteiger partial charge on any atom is -0.379 e. The van der Waals surface area contributed by atoms with Gasteiger partial charge in [0.15, 0.2) is 0 Å². The van der Waals surface area contributed by atoms with E-state index >= 15 is 0 Å². The first-order valence-electron chi connectivity index (χ1n) is 7.01. The number of amides is 2. The lowest BCUT2D eigenvalue weighted by atomic mass is 9.95. The summed E-state index contributed by atoms with van der Waals surface area (Å²) in [5.41, 5.74) is 7.31. The van der Waals surface area contributed by atoms with Gasteiger partial charge >= 0.3 is 6.03 Å². The van der Waals surface area contributed by atoms with Crippen molar-refractivity contribution in [2.24, 2.45) is 5.73 Å². The molecule has 1 aromatic rings. The molecule has 1 heterocycles. The monoisotopic (exact) mass is 277 g/mol. The van der Waals surface area contributed by atoms with E-state index in [0.29, 0.717) is 6.61 Å². The molecular formula is C15H23N3O2. The smallest absolute Gasteiger partial charge is 0.319 e. The highest BCUT2D eigenvalue weighted by atomic mass is 16.5. The standard InChI is InChI=1S/C15H23N3O2/c1-11(16)12-4-6-13(7-5-12)17-14(19)18-15(2)8-3-9-20-10-15/h4-7,11H,3,8-10,16H2,1-2H3,(H2,17,18,19). The lowest BCUT2D eigenvalue weighted by molar-refractivity contribution is 0.0342. The van der Waals surface area contributed by atoms with E-state index in [1.807, 2.05) is 38.1 Å². The van der Waals surface area contributed by atoms with Gasteiger partial charge in [-0.1, -0.05) is 12.1 Å². The van der Waals surface area contributed by atoms with Gasteiger partial charge in [-0.2, -0.15) is 0 Å². The van der Waals surface area contributed by atoms with Crippen molar-refractivity contribution in [3.05, 3.63) is 29.8 Å². The van der Waals surface area contributed by atoms with Crippen molar-refractivity contribution in [1.29, 1.82) is 0 Å². The maximum Gasteiger partial charge on any atom is 0.319 e. The molecule has 0 saturated carbocycles. The van der Waals surface area contributed by atoms with Crippen molar-refractivity contribution < 1.29 is 9.53 Å². The molecule has 2 rings (SSSR count). The number of nitrogens with two attached hydrogens (primary N) is 1. The van der Waals surface area contributed by atoms with Gasteiger partial charge in [-0.3, -0.25) is 0 Å². The summed E-state index contributed by atoms with van der Waals surface area (Å²) >= 11 is 0. The van der Waals surface area contributed by atoms with E-state index in [-0.39, 0.29) is 17.6 Å². The van der Waals surface area contributed by atoms with Gasteiger partial charge in [0, 0.05) is 18.3 Å². The molecule has 1 aliphatic heterocycles. The second-order valence-corrected chi connectivity index (χ2v) is 5.71. The fraction of sp³-hybridized carbons (Fsp3) is 0.533. The third kappa shape index (κ3) is 3.95. The number of anilines is 1.